The van der Waals surface area contributed by atoms with Crippen LogP contribution in [0.4, 0.5) is 26.3 Å². The molecule has 0 aromatic rings. The Labute approximate surface area is 141 Å². The summed E-state index contributed by atoms with van der Waals surface area (Å²) < 4.78 is 63.1. The molecule has 0 amide bonds. The van der Waals surface area contributed by atoms with E-state index in [9.17, 15) is 26.3 Å². The van der Waals surface area contributed by atoms with Gasteiger partial charge in [-0.1, -0.05) is 11.6 Å². The Morgan fingerprint density at radius 3 is 1.36 bits per heavy atom. The Morgan fingerprint density at radius 1 is 0.955 bits per heavy atom. The van der Waals surface area contributed by atoms with Crippen molar-refractivity contribution in [3.63, 3.8) is 0 Å². The second-order valence-electron chi connectivity index (χ2n) is 3.15. The van der Waals surface area contributed by atoms with E-state index >= 15 is 0 Å². The summed E-state index contributed by atoms with van der Waals surface area (Å²) in [6.07, 6.45) is -2.51. The van der Waals surface area contributed by atoms with Crippen LogP contribution in [0, 0.1) is 6.42 Å². The fraction of sp³-hybridized carbons (Fsp3) is 0.273. The standard InChI is InChI=1S/C7H7.2C2HF3O2.Tl/c1-7-5-3-2-4-6-7;2*3-2(4,5)1(6)7;/h3-6H,1H3;2*(H,6,7);/p-2. The molecule has 1 aliphatic carbocycles. The van der Waals surface area contributed by atoms with E-state index in [1.807, 2.05) is 24.6 Å². The fourth-order valence-electron chi connectivity index (χ4n) is 0.470. The van der Waals surface area contributed by atoms with E-state index in [2.05, 4.69) is 12.7 Å². The van der Waals surface area contributed by atoms with Crippen molar-refractivity contribution in [1.82, 2.24) is 0 Å². The van der Waals surface area contributed by atoms with Gasteiger partial charge in [-0.05, 0) is 19.1 Å². The minimum Gasteiger partial charge on any atom is -0.542 e. The Bertz CT molecular complexity index is 434. The maximum atomic E-state index is 10.5. The molecule has 0 atom stereocenters. The summed E-state index contributed by atoms with van der Waals surface area (Å²) in [5.74, 6) is -6.01. The summed E-state index contributed by atoms with van der Waals surface area (Å²) in [6, 6.07) is 0. The van der Waals surface area contributed by atoms with Gasteiger partial charge in [0.2, 0.25) is 0 Å². The molecule has 2 radical (unpaired) electrons. The first-order valence-corrected chi connectivity index (χ1v) is 4.77. The van der Waals surface area contributed by atoms with Crippen LogP contribution in [-0.4, -0.2) is 51.6 Å². The van der Waals surface area contributed by atoms with E-state index in [-0.39, 0.29) is 27.3 Å². The number of allylic oxidation sites excluding steroid dienone is 3. The zero-order valence-electron chi connectivity index (χ0n) is 10.8. The SMILES string of the molecule is CC1=CC=C=C[CH]1.O=C([O-])C(F)(F)F.O=C([O-])C(F)(F)F.[Tl]. The van der Waals surface area contributed by atoms with E-state index < -0.39 is 24.3 Å². The maximum absolute atomic E-state index is 10.5. The number of alkyl halides is 6. The van der Waals surface area contributed by atoms with E-state index in [4.69, 9.17) is 19.8 Å². The van der Waals surface area contributed by atoms with Crippen LogP contribution in [-0.2, 0) is 9.59 Å². The van der Waals surface area contributed by atoms with Crippen molar-refractivity contribution in [2.24, 2.45) is 0 Å². The predicted molar refractivity (Wildman–Crippen MR) is 58.6 cm³/mol. The van der Waals surface area contributed by atoms with Crippen LogP contribution in [0.5, 0.6) is 0 Å². The average molecular weight is 522 g/mol. The third-order valence-corrected chi connectivity index (χ3v) is 1.35. The Hall–Kier alpha value is -1.30. The molecule has 0 unspecified atom stereocenters. The molecule has 0 heterocycles. The molecule has 0 saturated heterocycles. The van der Waals surface area contributed by atoms with Crippen molar-refractivity contribution in [3.05, 3.63) is 36.0 Å². The number of halogens is 6. The van der Waals surface area contributed by atoms with Gasteiger partial charge in [-0.2, -0.15) is 26.3 Å². The smallest absolute Gasteiger partial charge is 0.430 e. The molecule has 0 spiro atoms. The van der Waals surface area contributed by atoms with Crippen molar-refractivity contribution < 1.29 is 46.1 Å². The second-order valence-corrected chi connectivity index (χ2v) is 3.15. The van der Waals surface area contributed by atoms with Crippen molar-refractivity contribution in [2.75, 3.05) is 0 Å². The van der Waals surface area contributed by atoms with Crippen LogP contribution >= 0.6 is 0 Å². The van der Waals surface area contributed by atoms with Crippen molar-refractivity contribution >= 4 is 39.2 Å². The molecule has 0 aromatic carbocycles. The topological polar surface area (TPSA) is 80.3 Å². The van der Waals surface area contributed by atoms with E-state index in [0.29, 0.717) is 0 Å². The fourth-order valence-corrected chi connectivity index (χ4v) is 0.470. The Morgan fingerprint density at radius 2 is 1.27 bits per heavy atom. The molecule has 122 valence electrons. The first-order valence-electron chi connectivity index (χ1n) is 4.77. The number of carboxylic acids is 2. The zero-order chi connectivity index (χ0) is 17.3. The molecule has 4 nitrogen and oxygen atoms in total. The molecule has 1 aliphatic rings. The van der Waals surface area contributed by atoms with Gasteiger partial charge in [0.15, 0.2) is 0 Å². The van der Waals surface area contributed by atoms with Gasteiger partial charge in [0.1, 0.15) is 11.9 Å². The monoisotopic (exact) mass is 522 g/mol. The van der Waals surface area contributed by atoms with E-state index in [1.165, 1.54) is 5.57 Å². The summed E-state index contributed by atoms with van der Waals surface area (Å²) in [7, 11) is 0. The number of hydrogen-bond donors (Lipinski definition) is 0. The number of aliphatic carboxylic acids is 2. The van der Waals surface area contributed by atoms with Gasteiger partial charge in [-0.3, -0.25) is 0 Å². The van der Waals surface area contributed by atoms with Gasteiger partial charge >= 0.3 is 12.4 Å². The quantitative estimate of drug-likeness (QED) is 0.257. The largest absolute Gasteiger partial charge is 0.542 e. The first-order chi connectivity index (χ1) is 9.28. The first kappa shape index (κ1) is 25.6. The van der Waals surface area contributed by atoms with E-state index in [1.54, 1.807) is 0 Å². The Kier molecular flexibility index (Phi) is 13.2. The molecule has 22 heavy (non-hydrogen) atoms. The van der Waals surface area contributed by atoms with Crippen LogP contribution in [0.25, 0.3) is 0 Å². The number of hydrogen-bond acceptors (Lipinski definition) is 4. The Balaban J connectivity index is -0.000000241. The number of carbonyl (C=O) groups is 2. The normalized spacial score (nSPS) is 12.6. The summed E-state index contributed by atoms with van der Waals surface area (Å²) in [5.41, 5.74) is 4.22. The van der Waals surface area contributed by atoms with Crippen LogP contribution in [0.15, 0.2) is 29.5 Å². The van der Waals surface area contributed by atoms with Crippen molar-refractivity contribution in [3.8, 4) is 0 Å². The minimum atomic E-state index is -5.19. The molecule has 11 heteroatoms. The van der Waals surface area contributed by atoms with Gasteiger partial charge in [-0.25, -0.2) is 0 Å². The molecule has 0 N–H and O–H groups in total. The van der Waals surface area contributed by atoms with Crippen LogP contribution < -0.4 is 10.2 Å². The molecule has 1 rings (SSSR count). The van der Waals surface area contributed by atoms with Crippen molar-refractivity contribution in [2.45, 2.75) is 19.3 Å². The van der Waals surface area contributed by atoms with Crippen LogP contribution in [0.3, 0.4) is 0 Å². The number of carbonyl (C=O) groups excluding carboxylic acids is 2. The summed E-state index contributed by atoms with van der Waals surface area (Å²) >= 11 is 0. The minimum absolute atomic E-state index is 0. The van der Waals surface area contributed by atoms with Crippen LogP contribution in [0.1, 0.15) is 6.92 Å². The summed E-state index contributed by atoms with van der Waals surface area (Å²) in [5, 5.41) is 17.6. The average Bonchev–Trinajstić information content (AvgIpc) is 2.28. The zero-order valence-corrected chi connectivity index (χ0v) is 15.3. The summed E-state index contributed by atoms with van der Waals surface area (Å²) in [6.45, 7) is 2.06. The van der Waals surface area contributed by atoms with Gasteiger partial charge in [0, 0.05) is 33.7 Å². The second kappa shape index (κ2) is 11.3. The maximum Gasteiger partial charge on any atom is 0.430 e. The number of carboxylic acid groups (broad SMARTS) is 2. The number of rotatable bonds is 0. The molecule has 0 bridgehead atoms. The van der Waals surface area contributed by atoms with E-state index in [0.717, 1.165) is 0 Å². The molecule has 0 aliphatic heterocycles. The van der Waals surface area contributed by atoms with Gasteiger partial charge in [0.25, 0.3) is 0 Å². The van der Waals surface area contributed by atoms with Gasteiger partial charge < -0.3 is 19.8 Å². The molecular formula is C11H7F6O4Tl-2. The molecule has 0 aromatic heterocycles. The van der Waals surface area contributed by atoms with Crippen LogP contribution in [0.2, 0.25) is 0 Å². The third kappa shape index (κ3) is 16.8. The van der Waals surface area contributed by atoms with Gasteiger partial charge in [0.05, 0.1) is 0 Å². The van der Waals surface area contributed by atoms with Crippen molar-refractivity contribution in [1.29, 1.82) is 0 Å². The predicted octanol–water partition coefficient (Wildman–Crippen LogP) is 0.0783. The molecular weight excluding hydrogens is 514 g/mol. The molecule has 0 fully saturated rings. The summed E-state index contributed by atoms with van der Waals surface area (Å²) in [4.78, 5) is 17.6. The third-order valence-electron chi connectivity index (χ3n) is 1.35. The molecule has 0 saturated carbocycles. The van der Waals surface area contributed by atoms with Gasteiger partial charge in [-0.15, -0.1) is 5.73 Å².